The number of rotatable bonds is 5. The fraction of sp³-hybridized carbons (Fsp3) is 0.391. The Morgan fingerprint density at radius 1 is 1.31 bits per heavy atom. The number of benzene rings is 2. The number of hydrazone groups is 1. The van der Waals surface area contributed by atoms with Crippen molar-refractivity contribution in [2.24, 2.45) is 5.10 Å². The molecule has 0 spiro atoms. The van der Waals surface area contributed by atoms with E-state index in [-0.39, 0.29) is 5.54 Å². The van der Waals surface area contributed by atoms with Crippen LogP contribution >= 0.6 is 12.2 Å². The molecule has 6 heteroatoms. The molecule has 1 aliphatic heterocycles. The highest BCUT2D eigenvalue weighted by atomic mass is 32.1. The van der Waals surface area contributed by atoms with Crippen LogP contribution < -0.4 is 20.4 Å². The molecule has 0 aromatic heterocycles. The van der Waals surface area contributed by atoms with Crippen molar-refractivity contribution in [3.05, 3.63) is 53.6 Å². The average molecular weight is 411 g/mol. The second-order valence-corrected chi connectivity index (χ2v) is 8.41. The van der Waals surface area contributed by atoms with Crippen molar-refractivity contribution in [2.75, 3.05) is 23.9 Å². The Morgan fingerprint density at radius 2 is 2.03 bits per heavy atom. The molecule has 0 aliphatic carbocycles. The summed E-state index contributed by atoms with van der Waals surface area (Å²) in [5.41, 5.74) is 7.44. The summed E-state index contributed by atoms with van der Waals surface area (Å²) >= 11 is 5.31. The third-order valence-corrected chi connectivity index (χ3v) is 5.65. The fourth-order valence-electron chi connectivity index (χ4n) is 4.24. The normalized spacial score (nSPS) is 17.7. The largest absolute Gasteiger partial charge is 0.496 e. The van der Waals surface area contributed by atoms with Gasteiger partial charge in [0.2, 0.25) is 0 Å². The van der Waals surface area contributed by atoms with Gasteiger partial charge < -0.3 is 15.0 Å². The monoisotopic (exact) mass is 410 g/mol. The van der Waals surface area contributed by atoms with E-state index in [1.165, 1.54) is 11.3 Å². The summed E-state index contributed by atoms with van der Waals surface area (Å²) in [7, 11) is 1.70. The van der Waals surface area contributed by atoms with Gasteiger partial charge in [-0.05, 0) is 69.1 Å². The molecule has 0 bridgehead atoms. The quantitative estimate of drug-likeness (QED) is 0.407. The molecule has 2 N–H and O–H groups in total. The lowest BCUT2D eigenvalue weighted by atomic mass is 9.79. The third-order valence-electron chi connectivity index (χ3n) is 5.45. The van der Waals surface area contributed by atoms with Gasteiger partial charge in [-0.2, -0.15) is 5.10 Å². The van der Waals surface area contributed by atoms with E-state index >= 15 is 0 Å². The molecule has 2 aromatic carbocycles. The minimum absolute atomic E-state index is 0.124. The number of anilines is 2. The number of ether oxygens (including phenoxy) is 1. The van der Waals surface area contributed by atoms with Crippen LogP contribution in [0.15, 0.2) is 47.6 Å². The number of fused-ring (bicyclic) bond motifs is 1. The van der Waals surface area contributed by atoms with Crippen LogP contribution in [-0.4, -0.2) is 30.5 Å². The zero-order valence-electron chi connectivity index (χ0n) is 17.8. The second kappa shape index (κ2) is 8.82. The zero-order chi connectivity index (χ0) is 21.0. The summed E-state index contributed by atoms with van der Waals surface area (Å²) in [6.07, 6.45) is 2.88. The van der Waals surface area contributed by atoms with E-state index in [0.717, 1.165) is 30.0 Å². The van der Waals surface area contributed by atoms with Gasteiger partial charge in [-0.15, -0.1) is 0 Å². The molecule has 1 heterocycles. The first-order valence-corrected chi connectivity index (χ1v) is 10.4. The number of hydrogen-bond acceptors (Lipinski definition) is 4. The van der Waals surface area contributed by atoms with Gasteiger partial charge in [0.25, 0.3) is 0 Å². The van der Waals surface area contributed by atoms with E-state index < -0.39 is 0 Å². The zero-order valence-corrected chi connectivity index (χ0v) is 18.6. The molecule has 154 valence electrons. The van der Waals surface area contributed by atoms with Crippen LogP contribution in [-0.2, 0) is 0 Å². The summed E-state index contributed by atoms with van der Waals surface area (Å²) in [4.78, 5) is 2.46. The van der Waals surface area contributed by atoms with Crippen molar-refractivity contribution in [1.82, 2.24) is 5.43 Å². The highest BCUT2D eigenvalue weighted by Gasteiger charge is 2.36. The molecule has 0 radical (unpaired) electrons. The maximum atomic E-state index is 5.67. The molecule has 1 atom stereocenters. The number of para-hydroxylation sites is 1. The molecule has 0 amide bonds. The van der Waals surface area contributed by atoms with Crippen LogP contribution in [0.3, 0.4) is 0 Å². The molecular formula is C23H30N4OS. The first-order valence-electron chi connectivity index (χ1n) is 10.0. The van der Waals surface area contributed by atoms with E-state index in [1.807, 2.05) is 30.3 Å². The number of nitrogens with one attached hydrogen (secondary N) is 2. The number of nitrogens with zero attached hydrogens (tertiary/aromatic N) is 2. The van der Waals surface area contributed by atoms with Gasteiger partial charge >= 0.3 is 0 Å². The standard InChI is InChI=1S/C23H30N4OS/c1-6-27-20-13-21(28-5)17(12-19(20)16(2)14-23(27,3)4)15-24-26-22(29)25-18-10-8-7-9-11-18/h7-13,15-16H,6,14H2,1-5H3,(H2,25,26,29)/b24-15+. The summed E-state index contributed by atoms with van der Waals surface area (Å²) in [6, 6.07) is 14.1. The highest BCUT2D eigenvalue weighted by Crippen LogP contribution is 2.45. The van der Waals surface area contributed by atoms with Gasteiger partial charge in [0.1, 0.15) is 5.75 Å². The molecule has 3 rings (SSSR count). The van der Waals surface area contributed by atoms with Crippen molar-refractivity contribution in [1.29, 1.82) is 0 Å². The number of thiocarbonyl (C=S) groups is 1. The summed E-state index contributed by atoms with van der Waals surface area (Å²) < 4.78 is 5.67. The van der Waals surface area contributed by atoms with Crippen LogP contribution in [0.2, 0.25) is 0 Å². The molecule has 1 aliphatic rings. The Labute approximate surface area is 179 Å². The third kappa shape index (κ3) is 4.70. The molecule has 2 aromatic rings. The van der Waals surface area contributed by atoms with E-state index in [2.05, 4.69) is 60.6 Å². The smallest absolute Gasteiger partial charge is 0.191 e. The van der Waals surface area contributed by atoms with Crippen molar-refractivity contribution in [3.8, 4) is 5.75 Å². The topological polar surface area (TPSA) is 48.9 Å². The Bertz CT molecular complexity index is 895. The second-order valence-electron chi connectivity index (χ2n) is 8.00. The molecule has 29 heavy (non-hydrogen) atoms. The van der Waals surface area contributed by atoms with Crippen LogP contribution in [0.25, 0.3) is 0 Å². The Balaban J connectivity index is 1.80. The predicted molar refractivity (Wildman–Crippen MR) is 127 cm³/mol. The van der Waals surface area contributed by atoms with E-state index in [0.29, 0.717) is 11.0 Å². The minimum atomic E-state index is 0.124. The first-order chi connectivity index (χ1) is 13.9. The Morgan fingerprint density at radius 3 is 2.69 bits per heavy atom. The van der Waals surface area contributed by atoms with Crippen molar-refractivity contribution in [2.45, 2.75) is 45.6 Å². The van der Waals surface area contributed by atoms with E-state index in [1.54, 1.807) is 13.3 Å². The highest BCUT2D eigenvalue weighted by molar-refractivity contribution is 7.80. The van der Waals surface area contributed by atoms with Crippen LogP contribution in [0.4, 0.5) is 11.4 Å². The maximum Gasteiger partial charge on any atom is 0.191 e. The molecule has 0 fully saturated rings. The molecule has 0 saturated carbocycles. The van der Waals surface area contributed by atoms with Crippen LogP contribution in [0, 0.1) is 0 Å². The number of hydrogen-bond donors (Lipinski definition) is 2. The van der Waals surface area contributed by atoms with E-state index in [9.17, 15) is 0 Å². The predicted octanol–water partition coefficient (Wildman–Crippen LogP) is 5.13. The minimum Gasteiger partial charge on any atom is -0.496 e. The Hall–Kier alpha value is -2.60. The van der Waals surface area contributed by atoms with Crippen LogP contribution in [0.5, 0.6) is 5.75 Å². The van der Waals surface area contributed by atoms with Crippen LogP contribution in [0.1, 0.15) is 51.2 Å². The summed E-state index contributed by atoms with van der Waals surface area (Å²) in [5.74, 6) is 1.27. The molecule has 0 saturated heterocycles. The average Bonchev–Trinajstić information content (AvgIpc) is 2.68. The fourth-order valence-corrected chi connectivity index (χ4v) is 4.42. The molecular weight excluding hydrogens is 380 g/mol. The first kappa shape index (κ1) is 21.1. The lowest BCUT2D eigenvalue weighted by Crippen LogP contribution is -2.48. The lowest BCUT2D eigenvalue weighted by molar-refractivity contribution is 0.377. The molecule has 5 nitrogen and oxygen atoms in total. The summed E-state index contributed by atoms with van der Waals surface area (Å²) in [5, 5.41) is 7.86. The van der Waals surface area contributed by atoms with Gasteiger partial charge in [-0.3, -0.25) is 5.43 Å². The van der Waals surface area contributed by atoms with Gasteiger partial charge in [0.05, 0.1) is 13.3 Å². The van der Waals surface area contributed by atoms with Gasteiger partial charge in [-0.1, -0.05) is 25.1 Å². The van der Waals surface area contributed by atoms with Crippen molar-refractivity contribution in [3.63, 3.8) is 0 Å². The number of methoxy groups -OCH3 is 1. The van der Waals surface area contributed by atoms with Crippen molar-refractivity contribution < 1.29 is 4.74 Å². The van der Waals surface area contributed by atoms with E-state index in [4.69, 9.17) is 17.0 Å². The van der Waals surface area contributed by atoms with Gasteiger partial charge in [0.15, 0.2) is 5.11 Å². The summed E-state index contributed by atoms with van der Waals surface area (Å²) in [6.45, 7) is 10.1. The maximum absolute atomic E-state index is 5.67. The SMILES string of the molecule is CCN1c2cc(OC)c(/C=N/NC(=S)Nc3ccccc3)cc2C(C)CC1(C)C. The lowest BCUT2D eigenvalue weighted by Gasteiger charge is -2.47. The van der Waals surface area contributed by atoms with Gasteiger partial charge in [-0.25, -0.2) is 0 Å². The van der Waals surface area contributed by atoms with Crippen molar-refractivity contribution >= 4 is 34.9 Å². The Kier molecular flexibility index (Phi) is 6.42. The molecule has 1 unspecified atom stereocenters. The van der Waals surface area contributed by atoms with Gasteiger partial charge in [0, 0.05) is 35.1 Å².